The SMILES string of the molecule is Cc1cc(C(=O)NCc2ccc(Cn3cncn3)cc2)c2c(C)nn(C)c2n1. The van der Waals surface area contributed by atoms with E-state index in [-0.39, 0.29) is 5.91 Å². The van der Waals surface area contributed by atoms with Crippen LogP contribution < -0.4 is 5.32 Å². The van der Waals surface area contributed by atoms with Gasteiger partial charge in [0, 0.05) is 19.3 Å². The van der Waals surface area contributed by atoms with Crippen molar-refractivity contribution in [2.45, 2.75) is 26.9 Å². The molecule has 4 aromatic rings. The Morgan fingerprint density at radius 1 is 1.14 bits per heavy atom. The zero-order valence-electron chi connectivity index (χ0n) is 16.0. The molecule has 142 valence electrons. The molecule has 28 heavy (non-hydrogen) atoms. The number of carbonyl (C=O) groups is 1. The molecule has 0 aliphatic heterocycles. The van der Waals surface area contributed by atoms with Crippen molar-refractivity contribution in [3.8, 4) is 0 Å². The van der Waals surface area contributed by atoms with E-state index in [9.17, 15) is 4.79 Å². The summed E-state index contributed by atoms with van der Waals surface area (Å²) < 4.78 is 3.48. The molecule has 0 aliphatic rings. The molecule has 0 saturated heterocycles. The second kappa shape index (κ2) is 7.22. The molecule has 1 N–H and O–H groups in total. The number of benzene rings is 1. The molecular weight excluding hydrogens is 354 g/mol. The van der Waals surface area contributed by atoms with Crippen molar-refractivity contribution in [2.75, 3.05) is 0 Å². The van der Waals surface area contributed by atoms with Crippen LogP contribution in [-0.2, 0) is 20.1 Å². The van der Waals surface area contributed by atoms with Gasteiger partial charge in [0.25, 0.3) is 5.91 Å². The molecule has 0 saturated carbocycles. The van der Waals surface area contributed by atoms with Crippen LogP contribution in [0.2, 0.25) is 0 Å². The minimum absolute atomic E-state index is 0.127. The van der Waals surface area contributed by atoms with Crippen LogP contribution in [0.15, 0.2) is 43.0 Å². The maximum absolute atomic E-state index is 12.8. The summed E-state index contributed by atoms with van der Waals surface area (Å²) >= 11 is 0. The van der Waals surface area contributed by atoms with Crippen LogP contribution in [0.25, 0.3) is 11.0 Å². The van der Waals surface area contributed by atoms with E-state index in [1.165, 1.54) is 6.33 Å². The summed E-state index contributed by atoms with van der Waals surface area (Å²) in [5.41, 5.74) is 5.07. The van der Waals surface area contributed by atoms with Gasteiger partial charge in [-0.3, -0.25) is 9.48 Å². The van der Waals surface area contributed by atoms with Crippen molar-refractivity contribution in [1.82, 2.24) is 34.8 Å². The Morgan fingerprint density at radius 2 is 1.89 bits per heavy atom. The lowest BCUT2D eigenvalue weighted by Crippen LogP contribution is -2.23. The number of amides is 1. The highest BCUT2D eigenvalue weighted by Gasteiger charge is 2.17. The molecule has 0 radical (unpaired) electrons. The number of carbonyl (C=O) groups excluding carboxylic acids is 1. The number of nitrogens with one attached hydrogen (secondary N) is 1. The van der Waals surface area contributed by atoms with E-state index in [4.69, 9.17) is 0 Å². The Kier molecular flexibility index (Phi) is 4.60. The molecule has 8 nitrogen and oxygen atoms in total. The predicted molar refractivity (Wildman–Crippen MR) is 105 cm³/mol. The molecule has 0 spiro atoms. The number of nitrogens with zero attached hydrogens (tertiary/aromatic N) is 6. The minimum Gasteiger partial charge on any atom is -0.348 e. The van der Waals surface area contributed by atoms with Crippen LogP contribution in [0, 0.1) is 13.8 Å². The van der Waals surface area contributed by atoms with Gasteiger partial charge in [0.05, 0.1) is 23.2 Å². The summed E-state index contributed by atoms with van der Waals surface area (Å²) in [6.07, 6.45) is 3.21. The topological polar surface area (TPSA) is 90.5 Å². The molecule has 3 aromatic heterocycles. The lowest BCUT2D eigenvalue weighted by molar-refractivity contribution is 0.0952. The molecule has 0 unspecified atom stereocenters. The molecule has 0 aliphatic carbocycles. The summed E-state index contributed by atoms with van der Waals surface area (Å²) in [6, 6.07) is 9.89. The fourth-order valence-electron chi connectivity index (χ4n) is 3.29. The average molecular weight is 375 g/mol. The van der Waals surface area contributed by atoms with Gasteiger partial charge in [-0.25, -0.2) is 14.6 Å². The van der Waals surface area contributed by atoms with Crippen LogP contribution >= 0.6 is 0 Å². The second-order valence-electron chi connectivity index (χ2n) is 6.81. The normalized spacial score (nSPS) is 11.1. The zero-order chi connectivity index (χ0) is 19.7. The van der Waals surface area contributed by atoms with Gasteiger partial charge in [-0.05, 0) is 31.0 Å². The first-order valence-electron chi connectivity index (χ1n) is 9.00. The lowest BCUT2D eigenvalue weighted by atomic mass is 10.1. The van der Waals surface area contributed by atoms with E-state index in [1.54, 1.807) is 15.7 Å². The Bertz CT molecular complexity index is 1130. The molecule has 0 atom stereocenters. The molecule has 0 bridgehead atoms. The smallest absolute Gasteiger partial charge is 0.252 e. The van der Waals surface area contributed by atoms with Crippen LogP contribution in [0.5, 0.6) is 0 Å². The van der Waals surface area contributed by atoms with Crippen LogP contribution in [0.1, 0.15) is 32.9 Å². The Hall–Kier alpha value is -3.55. The largest absolute Gasteiger partial charge is 0.348 e. The quantitative estimate of drug-likeness (QED) is 0.577. The third-order valence-corrected chi connectivity index (χ3v) is 4.63. The highest BCUT2D eigenvalue weighted by molar-refractivity contribution is 6.06. The van der Waals surface area contributed by atoms with Crippen molar-refractivity contribution >= 4 is 16.9 Å². The summed E-state index contributed by atoms with van der Waals surface area (Å²) in [4.78, 5) is 21.3. The molecule has 3 heterocycles. The molecule has 0 fully saturated rings. The van der Waals surface area contributed by atoms with Crippen molar-refractivity contribution in [1.29, 1.82) is 0 Å². The molecule has 8 heteroatoms. The average Bonchev–Trinajstić information content (AvgIpc) is 3.28. The van der Waals surface area contributed by atoms with E-state index < -0.39 is 0 Å². The Morgan fingerprint density at radius 3 is 2.61 bits per heavy atom. The minimum atomic E-state index is -0.127. The summed E-state index contributed by atoms with van der Waals surface area (Å²) in [5, 5.41) is 12.3. The fourth-order valence-corrected chi connectivity index (χ4v) is 3.29. The first-order chi connectivity index (χ1) is 13.5. The Balaban J connectivity index is 1.48. The van der Waals surface area contributed by atoms with Gasteiger partial charge in [0.15, 0.2) is 5.65 Å². The van der Waals surface area contributed by atoms with Gasteiger partial charge < -0.3 is 5.32 Å². The highest BCUT2D eigenvalue weighted by atomic mass is 16.1. The third kappa shape index (κ3) is 3.48. The maximum Gasteiger partial charge on any atom is 0.252 e. The first kappa shape index (κ1) is 17.8. The van der Waals surface area contributed by atoms with Gasteiger partial charge in [-0.15, -0.1) is 0 Å². The van der Waals surface area contributed by atoms with E-state index in [2.05, 4.69) is 25.5 Å². The molecule has 1 amide bonds. The van der Waals surface area contributed by atoms with Crippen LogP contribution in [-0.4, -0.2) is 35.4 Å². The Labute approximate surface area is 162 Å². The fraction of sp³-hybridized carbons (Fsp3) is 0.250. The third-order valence-electron chi connectivity index (χ3n) is 4.63. The van der Waals surface area contributed by atoms with Crippen molar-refractivity contribution in [3.63, 3.8) is 0 Å². The van der Waals surface area contributed by atoms with E-state index in [1.807, 2.05) is 51.2 Å². The monoisotopic (exact) mass is 375 g/mol. The van der Waals surface area contributed by atoms with Gasteiger partial charge in [0.2, 0.25) is 0 Å². The number of hydrogen-bond donors (Lipinski definition) is 1. The van der Waals surface area contributed by atoms with E-state index in [0.717, 1.165) is 33.5 Å². The van der Waals surface area contributed by atoms with Crippen LogP contribution in [0.3, 0.4) is 0 Å². The van der Waals surface area contributed by atoms with Gasteiger partial charge >= 0.3 is 0 Å². The number of aryl methyl sites for hydroxylation is 3. The number of aromatic nitrogens is 6. The molecular formula is C20H21N7O. The van der Waals surface area contributed by atoms with Gasteiger partial charge in [0.1, 0.15) is 12.7 Å². The summed E-state index contributed by atoms with van der Waals surface area (Å²) in [6.45, 7) is 4.89. The maximum atomic E-state index is 12.8. The summed E-state index contributed by atoms with van der Waals surface area (Å²) in [5.74, 6) is -0.127. The molecule has 1 aromatic carbocycles. The predicted octanol–water partition coefficient (Wildman–Crippen LogP) is 2.15. The lowest BCUT2D eigenvalue weighted by Gasteiger charge is -2.09. The standard InChI is InChI=1S/C20H21N7O/c1-13-8-17(18-14(2)25-26(3)19(18)24-13)20(28)22-9-15-4-6-16(7-5-15)10-27-12-21-11-23-27/h4-8,11-12H,9-10H2,1-3H3,(H,22,28). The number of hydrogen-bond acceptors (Lipinski definition) is 5. The van der Waals surface area contributed by atoms with Crippen LogP contribution in [0.4, 0.5) is 0 Å². The second-order valence-corrected chi connectivity index (χ2v) is 6.81. The number of rotatable bonds is 5. The van der Waals surface area contributed by atoms with E-state index in [0.29, 0.717) is 18.7 Å². The first-order valence-corrected chi connectivity index (χ1v) is 9.00. The van der Waals surface area contributed by atoms with Crippen molar-refractivity contribution in [3.05, 3.63) is 71.1 Å². The number of fused-ring (bicyclic) bond motifs is 1. The summed E-state index contributed by atoms with van der Waals surface area (Å²) in [7, 11) is 1.84. The van der Waals surface area contributed by atoms with Crippen molar-refractivity contribution < 1.29 is 4.79 Å². The number of pyridine rings is 1. The van der Waals surface area contributed by atoms with Crippen molar-refractivity contribution in [2.24, 2.45) is 7.05 Å². The van der Waals surface area contributed by atoms with Gasteiger partial charge in [-0.1, -0.05) is 24.3 Å². The molecule has 4 rings (SSSR count). The zero-order valence-corrected chi connectivity index (χ0v) is 16.0. The highest BCUT2D eigenvalue weighted by Crippen LogP contribution is 2.21. The van der Waals surface area contributed by atoms with E-state index >= 15 is 0 Å². The van der Waals surface area contributed by atoms with Gasteiger partial charge in [-0.2, -0.15) is 10.2 Å².